The van der Waals surface area contributed by atoms with E-state index in [-0.39, 0.29) is 12.5 Å². The molecular weight excluding hydrogens is 172 g/mol. The molecule has 0 aliphatic heterocycles. The van der Waals surface area contributed by atoms with Gasteiger partial charge in [-0.3, -0.25) is 0 Å². The fourth-order valence-corrected chi connectivity index (χ4v) is 3.28. The molecule has 0 amide bonds. The third-order valence-electron chi connectivity index (χ3n) is 3.94. The van der Waals surface area contributed by atoms with E-state index >= 15 is 0 Å². The van der Waals surface area contributed by atoms with Gasteiger partial charge in [-0.1, -0.05) is 6.42 Å². The summed E-state index contributed by atoms with van der Waals surface area (Å²) in [5.74, 6) is 0.995. The normalized spacial score (nSPS) is 40.2. The Hall–Kier alpha value is -0.180. The van der Waals surface area contributed by atoms with Gasteiger partial charge in [0.2, 0.25) is 6.43 Å². The molecule has 0 aromatic rings. The Kier molecular flexibility index (Phi) is 2.54. The molecular formula is C10H17F2N. The van der Waals surface area contributed by atoms with Gasteiger partial charge in [0.1, 0.15) is 0 Å². The predicted octanol–water partition coefficient (Wildman–Crippen LogP) is 2.26. The van der Waals surface area contributed by atoms with Crippen LogP contribution in [0.4, 0.5) is 8.78 Å². The number of halogens is 2. The number of nitrogens with two attached hydrogens (primary N) is 1. The molecule has 0 saturated heterocycles. The molecule has 1 nitrogen and oxygen atoms in total. The van der Waals surface area contributed by atoms with Crippen LogP contribution >= 0.6 is 0 Å². The highest BCUT2D eigenvalue weighted by Crippen LogP contribution is 2.51. The van der Waals surface area contributed by atoms with E-state index in [4.69, 9.17) is 5.73 Å². The highest BCUT2D eigenvalue weighted by atomic mass is 19.3. The quantitative estimate of drug-likeness (QED) is 0.724. The molecule has 4 unspecified atom stereocenters. The van der Waals surface area contributed by atoms with E-state index in [1.165, 1.54) is 19.3 Å². The molecule has 2 bridgehead atoms. The van der Waals surface area contributed by atoms with Gasteiger partial charge in [-0.2, -0.15) is 0 Å². The number of fused-ring (bicyclic) bond motifs is 2. The lowest BCUT2D eigenvalue weighted by Crippen LogP contribution is -2.32. The Bertz CT molecular complexity index is 184. The summed E-state index contributed by atoms with van der Waals surface area (Å²) in [5, 5.41) is 0. The minimum atomic E-state index is -2.21. The van der Waals surface area contributed by atoms with E-state index in [1.54, 1.807) is 0 Å². The number of hydrogen-bond acceptors (Lipinski definition) is 1. The van der Waals surface area contributed by atoms with Crippen molar-refractivity contribution < 1.29 is 8.78 Å². The molecule has 4 atom stereocenters. The van der Waals surface area contributed by atoms with Crippen LogP contribution in [0.25, 0.3) is 0 Å². The van der Waals surface area contributed by atoms with Crippen molar-refractivity contribution in [3.63, 3.8) is 0 Å². The van der Waals surface area contributed by atoms with Crippen LogP contribution in [-0.4, -0.2) is 13.0 Å². The minimum absolute atomic E-state index is 0.158. The molecule has 2 rings (SSSR count). The zero-order valence-corrected chi connectivity index (χ0v) is 7.76. The molecule has 2 fully saturated rings. The van der Waals surface area contributed by atoms with E-state index in [1.807, 2.05) is 0 Å². The van der Waals surface area contributed by atoms with Crippen molar-refractivity contribution in [3.05, 3.63) is 0 Å². The predicted molar refractivity (Wildman–Crippen MR) is 47.5 cm³/mol. The van der Waals surface area contributed by atoms with E-state index in [0.29, 0.717) is 5.92 Å². The molecule has 2 aliphatic rings. The van der Waals surface area contributed by atoms with Crippen molar-refractivity contribution in [1.29, 1.82) is 0 Å². The minimum Gasteiger partial charge on any atom is -0.330 e. The summed E-state index contributed by atoms with van der Waals surface area (Å²) in [6, 6.07) is 0. The molecule has 0 aromatic carbocycles. The molecule has 76 valence electrons. The van der Waals surface area contributed by atoms with Crippen LogP contribution in [0.2, 0.25) is 0 Å². The van der Waals surface area contributed by atoms with Crippen LogP contribution in [0.1, 0.15) is 25.7 Å². The zero-order valence-electron chi connectivity index (χ0n) is 7.76. The van der Waals surface area contributed by atoms with Gasteiger partial charge < -0.3 is 5.73 Å². The molecule has 0 radical (unpaired) electrons. The Labute approximate surface area is 77.7 Å². The van der Waals surface area contributed by atoms with Crippen molar-refractivity contribution >= 4 is 0 Å². The highest BCUT2D eigenvalue weighted by molar-refractivity contribution is 4.93. The van der Waals surface area contributed by atoms with Crippen LogP contribution in [0.15, 0.2) is 0 Å². The summed E-state index contributed by atoms with van der Waals surface area (Å²) in [6.07, 6.45) is 2.42. The van der Waals surface area contributed by atoms with Crippen molar-refractivity contribution in [2.24, 2.45) is 29.4 Å². The van der Waals surface area contributed by atoms with Gasteiger partial charge >= 0.3 is 0 Å². The smallest absolute Gasteiger partial charge is 0.242 e. The van der Waals surface area contributed by atoms with Crippen LogP contribution in [0, 0.1) is 23.7 Å². The van der Waals surface area contributed by atoms with Crippen LogP contribution in [0.5, 0.6) is 0 Å². The van der Waals surface area contributed by atoms with Gasteiger partial charge in [-0.05, 0) is 37.0 Å². The molecule has 2 aliphatic carbocycles. The molecule has 0 aromatic heterocycles. The second kappa shape index (κ2) is 3.52. The summed E-state index contributed by atoms with van der Waals surface area (Å²) in [7, 11) is 0. The Balaban J connectivity index is 2.00. The average molecular weight is 189 g/mol. The number of alkyl halides is 2. The average Bonchev–Trinajstić information content (AvgIpc) is 2.65. The molecule has 2 saturated carbocycles. The SMILES string of the molecule is NCC(C(F)F)C1CC2CCC1C2. The van der Waals surface area contributed by atoms with Gasteiger partial charge in [0, 0.05) is 12.5 Å². The Morgan fingerprint density at radius 3 is 2.38 bits per heavy atom. The van der Waals surface area contributed by atoms with E-state index in [0.717, 1.165) is 12.3 Å². The Morgan fingerprint density at radius 2 is 2.00 bits per heavy atom. The van der Waals surface area contributed by atoms with Gasteiger partial charge in [0.15, 0.2) is 0 Å². The van der Waals surface area contributed by atoms with Crippen LogP contribution in [0.3, 0.4) is 0 Å². The Morgan fingerprint density at radius 1 is 1.23 bits per heavy atom. The topological polar surface area (TPSA) is 26.0 Å². The maximum atomic E-state index is 12.6. The van der Waals surface area contributed by atoms with Gasteiger partial charge in [-0.15, -0.1) is 0 Å². The number of hydrogen-bond donors (Lipinski definition) is 1. The van der Waals surface area contributed by atoms with Gasteiger partial charge in [-0.25, -0.2) is 8.78 Å². The molecule has 3 heteroatoms. The largest absolute Gasteiger partial charge is 0.330 e. The monoisotopic (exact) mass is 189 g/mol. The van der Waals surface area contributed by atoms with E-state index in [9.17, 15) is 8.78 Å². The third-order valence-corrected chi connectivity index (χ3v) is 3.94. The first kappa shape index (κ1) is 9.38. The lowest BCUT2D eigenvalue weighted by molar-refractivity contribution is 0.0306. The summed E-state index contributed by atoms with van der Waals surface area (Å²) in [6.45, 7) is 0.158. The lowest BCUT2D eigenvalue weighted by Gasteiger charge is -2.28. The van der Waals surface area contributed by atoms with Crippen molar-refractivity contribution in [3.8, 4) is 0 Å². The highest BCUT2D eigenvalue weighted by Gasteiger charge is 2.44. The van der Waals surface area contributed by atoms with E-state index in [2.05, 4.69) is 0 Å². The van der Waals surface area contributed by atoms with Gasteiger partial charge in [0.05, 0.1) is 0 Å². The fourth-order valence-electron chi connectivity index (χ4n) is 3.28. The summed E-state index contributed by atoms with van der Waals surface area (Å²) in [4.78, 5) is 0. The third kappa shape index (κ3) is 1.58. The maximum Gasteiger partial charge on any atom is 0.242 e. The maximum absolute atomic E-state index is 12.6. The second-order valence-corrected chi connectivity index (χ2v) is 4.57. The summed E-state index contributed by atoms with van der Waals surface area (Å²) in [5.41, 5.74) is 5.41. The van der Waals surface area contributed by atoms with Crippen molar-refractivity contribution in [2.75, 3.05) is 6.54 Å². The van der Waals surface area contributed by atoms with Crippen molar-refractivity contribution in [2.45, 2.75) is 32.1 Å². The number of rotatable bonds is 3. The van der Waals surface area contributed by atoms with Crippen LogP contribution in [-0.2, 0) is 0 Å². The fraction of sp³-hybridized carbons (Fsp3) is 1.00. The molecule has 0 heterocycles. The molecule has 13 heavy (non-hydrogen) atoms. The first-order valence-corrected chi connectivity index (χ1v) is 5.20. The summed E-state index contributed by atoms with van der Waals surface area (Å²) >= 11 is 0. The lowest BCUT2D eigenvalue weighted by atomic mass is 9.79. The standard InChI is InChI=1S/C10H17F2N/c11-10(12)9(5-13)8-4-6-1-2-7(8)3-6/h6-10H,1-5,13H2. The van der Waals surface area contributed by atoms with Crippen molar-refractivity contribution in [1.82, 2.24) is 0 Å². The first-order valence-electron chi connectivity index (χ1n) is 5.20. The second-order valence-electron chi connectivity index (χ2n) is 4.57. The summed E-state index contributed by atoms with van der Waals surface area (Å²) < 4.78 is 25.2. The molecule has 2 N–H and O–H groups in total. The zero-order chi connectivity index (χ0) is 9.42. The van der Waals surface area contributed by atoms with E-state index < -0.39 is 12.3 Å². The van der Waals surface area contributed by atoms with Gasteiger partial charge in [0.25, 0.3) is 0 Å². The molecule has 0 spiro atoms. The van der Waals surface area contributed by atoms with Crippen LogP contribution < -0.4 is 5.73 Å². The first-order chi connectivity index (χ1) is 6.22.